The van der Waals surface area contributed by atoms with Crippen LogP contribution < -0.4 is 10.5 Å². The van der Waals surface area contributed by atoms with Crippen LogP contribution in [0.15, 0.2) is 24.3 Å². The molecule has 0 bridgehead atoms. The summed E-state index contributed by atoms with van der Waals surface area (Å²) in [5.74, 6) is 0.412. The third-order valence-corrected chi connectivity index (χ3v) is 3.26. The van der Waals surface area contributed by atoms with Crippen LogP contribution in [0.2, 0.25) is 0 Å². The first-order chi connectivity index (χ1) is 10.8. The van der Waals surface area contributed by atoms with Crippen LogP contribution >= 0.6 is 0 Å². The summed E-state index contributed by atoms with van der Waals surface area (Å²) in [5.41, 5.74) is 5.60. The highest BCUT2D eigenvalue weighted by atomic mass is 16.5. The van der Waals surface area contributed by atoms with Crippen LogP contribution in [0.5, 0.6) is 5.75 Å². The van der Waals surface area contributed by atoms with E-state index in [-0.39, 0.29) is 12.5 Å². The highest BCUT2D eigenvalue weighted by Crippen LogP contribution is 2.12. The first-order valence-electron chi connectivity index (χ1n) is 7.74. The molecule has 0 saturated heterocycles. The second-order valence-corrected chi connectivity index (χ2v) is 6.21. The molecule has 0 heterocycles. The fourth-order valence-corrected chi connectivity index (χ4v) is 2.03. The van der Waals surface area contributed by atoms with Crippen molar-refractivity contribution in [1.29, 1.82) is 0 Å². The number of ether oxygens (including phenoxy) is 1. The number of primary amides is 1. The van der Waals surface area contributed by atoms with Crippen LogP contribution in [-0.2, 0) is 4.79 Å². The standard InChI is InChI=1S/C17H27N3O3/c1-13(2)11-20(10-9-19(3)4)16(21)12-23-15-7-5-14(6-8-15)17(18)22/h5-8,13H,9-12H2,1-4H3,(H2,18,22). The maximum atomic E-state index is 12.3. The van der Waals surface area contributed by atoms with E-state index in [9.17, 15) is 9.59 Å². The van der Waals surface area contributed by atoms with Gasteiger partial charge in [-0.3, -0.25) is 9.59 Å². The largest absolute Gasteiger partial charge is 0.484 e. The van der Waals surface area contributed by atoms with Gasteiger partial charge in [0.1, 0.15) is 5.75 Å². The number of rotatable bonds is 9. The molecule has 128 valence electrons. The van der Waals surface area contributed by atoms with Gasteiger partial charge in [-0.25, -0.2) is 0 Å². The SMILES string of the molecule is CC(C)CN(CCN(C)C)C(=O)COc1ccc(C(N)=O)cc1. The number of carbonyl (C=O) groups is 2. The Labute approximate surface area is 138 Å². The summed E-state index contributed by atoms with van der Waals surface area (Å²) in [7, 11) is 3.96. The van der Waals surface area contributed by atoms with Crippen molar-refractivity contribution in [2.24, 2.45) is 11.7 Å². The van der Waals surface area contributed by atoms with Crippen molar-refractivity contribution < 1.29 is 14.3 Å². The second kappa shape index (κ2) is 9.15. The van der Waals surface area contributed by atoms with E-state index in [0.29, 0.717) is 30.3 Å². The van der Waals surface area contributed by atoms with Gasteiger partial charge in [-0.15, -0.1) is 0 Å². The lowest BCUT2D eigenvalue weighted by atomic mass is 10.2. The zero-order valence-electron chi connectivity index (χ0n) is 14.4. The van der Waals surface area contributed by atoms with E-state index in [0.717, 1.165) is 6.54 Å². The number of likely N-dealkylation sites (N-methyl/N-ethyl adjacent to an activating group) is 1. The first kappa shape index (κ1) is 19.0. The van der Waals surface area contributed by atoms with Crippen molar-refractivity contribution in [1.82, 2.24) is 9.80 Å². The normalized spacial score (nSPS) is 10.9. The monoisotopic (exact) mass is 321 g/mol. The molecule has 0 unspecified atom stereocenters. The molecule has 0 aliphatic rings. The minimum atomic E-state index is -0.487. The van der Waals surface area contributed by atoms with Gasteiger partial charge in [0.25, 0.3) is 5.91 Å². The minimum Gasteiger partial charge on any atom is -0.484 e. The van der Waals surface area contributed by atoms with Crippen molar-refractivity contribution in [3.63, 3.8) is 0 Å². The van der Waals surface area contributed by atoms with E-state index in [2.05, 4.69) is 13.8 Å². The molecule has 0 radical (unpaired) electrons. The van der Waals surface area contributed by atoms with Crippen molar-refractivity contribution in [2.45, 2.75) is 13.8 Å². The summed E-state index contributed by atoms with van der Waals surface area (Å²) < 4.78 is 5.51. The molecule has 6 heteroatoms. The van der Waals surface area contributed by atoms with E-state index >= 15 is 0 Å². The van der Waals surface area contributed by atoms with Gasteiger partial charge in [0, 0.05) is 25.2 Å². The Hall–Kier alpha value is -2.08. The highest BCUT2D eigenvalue weighted by Gasteiger charge is 2.15. The zero-order chi connectivity index (χ0) is 17.4. The molecule has 0 atom stereocenters. The number of carbonyl (C=O) groups excluding carboxylic acids is 2. The fourth-order valence-electron chi connectivity index (χ4n) is 2.03. The van der Waals surface area contributed by atoms with E-state index in [4.69, 9.17) is 10.5 Å². The Morgan fingerprint density at radius 1 is 1.13 bits per heavy atom. The topological polar surface area (TPSA) is 75.9 Å². The van der Waals surface area contributed by atoms with Crippen molar-refractivity contribution >= 4 is 11.8 Å². The number of nitrogens with zero attached hydrogens (tertiary/aromatic N) is 2. The van der Waals surface area contributed by atoms with Gasteiger partial charge in [0.05, 0.1) is 0 Å². The Kier molecular flexibility index (Phi) is 7.54. The van der Waals surface area contributed by atoms with Gasteiger partial charge < -0.3 is 20.3 Å². The third kappa shape index (κ3) is 7.15. The van der Waals surface area contributed by atoms with Gasteiger partial charge in [-0.2, -0.15) is 0 Å². The van der Waals surface area contributed by atoms with Crippen LogP contribution in [0, 0.1) is 5.92 Å². The zero-order valence-corrected chi connectivity index (χ0v) is 14.4. The lowest BCUT2D eigenvalue weighted by Gasteiger charge is -2.26. The molecule has 6 nitrogen and oxygen atoms in total. The molecule has 0 aliphatic heterocycles. The van der Waals surface area contributed by atoms with Crippen LogP contribution in [0.1, 0.15) is 24.2 Å². The number of hydrogen-bond acceptors (Lipinski definition) is 4. The van der Waals surface area contributed by atoms with Crippen LogP contribution in [0.4, 0.5) is 0 Å². The molecule has 2 amide bonds. The van der Waals surface area contributed by atoms with Crippen LogP contribution in [-0.4, -0.2) is 62.0 Å². The predicted molar refractivity (Wildman–Crippen MR) is 90.4 cm³/mol. The predicted octanol–water partition coefficient (Wildman–Crippen LogP) is 1.21. The van der Waals surface area contributed by atoms with Crippen molar-refractivity contribution in [3.8, 4) is 5.75 Å². The minimum absolute atomic E-state index is 0.0178. The van der Waals surface area contributed by atoms with E-state index in [1.807, 2.05) is 23.9 Å². The number of nitrogens with two attached hydrogens (primary N) is 1. The Bertz CT molecular complexity index is 512. The van der Waals surface area contributed by atoms with Gasteiger partial charge in [-0.05, 0) is 44.3 Å². The number of amides is 2. The summed E-state index contributed by atoms with van der Waals surface area (Å²) >= 11 is 0. The average Bonchev–Trinajstić information content (AvgIpc) is 2.48. The van der Waals surface area contributed by atoms with Crippen LogP contribution in [0.3, 0.4) is 0 Å². The third-order valence-electron chi connectivity index (χ3n) is 3.26. The molecule has 0 saturated carbocycles. The van der Waals surface area contributed by atoms with Gasteiger partial charge in [-0.1, -0.05) is 13.8 Å². The number of benzene rings is 1. The summed E-state index contributed by atoms with van der Waals surface area (Å²) in [6, 6.07) is 6.44. The summed E-state index contributed by atoms with van der Waals surface area (Å²) in [6.45, 7) is 6.34. The Balaban J connectivity index is 2.57. The van der Waals surface area contributed by atoms with Gasteiger partial charge >= 0.3 is 0 Å². The average molecular weight is 321 g/mol. The molecular weight excluding hydrogens is 294 g/mol. The maximum Gasteiger partial charge on any atom is 0.260 e. The lowest BCUT2D eigenvalue weighted by molar-refractivity contribution is -0.134. The van der Waals surface area contributed by atoms with Gasteiger partial charge in [0.15, 0.2) is 6.61 Å². The van der Waals surface area contributed by atoms with Crippen molar-refractivity contribution in [2.75, 3.05) is 40.3 Å². The smallest absolute Gasteiger partial charge is 0.260 e. The van der Waals surface area contributed by atoms with Crippen LogP contribution in [0.25, 0.3) is 0 Å². The van der Waals surface area contributed by atoms with E-state index < -0.39 is 5.91 Å². The fraction of sp³-hybridized carbons (Fsp3) is 0.529. The molecule has 0 aromatic heterocycles. The molecular formula is C17H27N3O3. The van der Waals surface area contributed by atoms with Crippen molar-refractivity contribution in [3.05, 3.63) is 29.8 Å². The molecule has 0 aliphatic carbocycles. The Morgan fingerprint density at radius 2 is 1.74 bits per heavy atom. The quantitative estimate of drug-likeness (QED) is 0.742. The summed E-state index contributed by atoms with van der Waals surface area (Å²) in [6.07, 6.45) is 0. The maximum absolute atomic E-state index is 12.3. The van der Waals surface area contributed by atoms with Gasteiger partial charge in [0.2, 0.25) is 5.91 Å². The number of hydrogen-bond donors (Lipinski definition) is 1. The molecule has 1 aromatic carbocycles. The molecule has 1 aromatic rings. The first-order valence-corrected chi connectivity index (χ1v) is 7.74. The molecule has 2 N–H and O–H groups in total. The molecule has 1 rings (SSSR count). The second-order valence-electron chi connectivity index (χ2n) is 6.21. The Morgan fingerprint density at radius 3 is 2.22 bits per heavy atom. The molecule has 0 spiro atoms. The highest BCUT2D eigenvalue weighted by molar-refractivity contribution is 5.92. The molecule has 23 heavy (non-hydrogen) atoms. The van der Waals surface area contributed by atoms with E-state index in [1.165, 1.54) is 0 Å². The summed E-state index contributed by atoms with van der Waals surface area (Å²) in [4.78, 5) is 27.2. The lowest BCUT2D eigenvalue weighted by Crippen LogP contribution is -2.41. The molecule has 0 fully saturated rings. The van der Waals surface area contributed by atoms with E-state index in [1.54, 1.807) is 24.3 Å². The summed E-state index contributed by atoms with van der Waals surface area (Å²) in [5, 5.41) is 0.